The van der Waals surface area contributed by atoms with E-state index in [1.165, 1.54) is 5.56 Å². The van der Waals surface area contributed by atoms with Crippen molar-refractivity contribution in [2.45, 2.75) is 25.9 Å². The van der Waals surface area contributed by atoms with E-state index in [0.717, 1.165) is 12.0 Å². The molecule has 2 nitrogen and oxygen atoms in total. The SMILES string of the molecule is CCc1cccc(C(C)(O)CN)c1. The molecule has 0 spiro atoms. The van der Waals surface area contributed by atoms with Crippen molar-refractivity contribution in [2.24, 2.45) is 5.73 Å². The molecule has 3 N–H and O–H groups in total. The van der Waals surface area contributed by atoms with Gasteiger partial charge >= 0.3 is 0 Å². The van der Waals surface area contributed by atoms with Crippen LogP contribution < -0.4 is 5.73 Å². The van der Waals surface area contributed by atoms with E-state index < -0.39 is 5.60 Å². The lowest BCUT2D eigenvalue weighted by molar-refractivity contribution is 0.0667. The topological polar surface area (TPSA) is 46.2 Å². The molecule has 2 heteroatoms. The average molecular weight is 179 g/mol. The van der Waals surface area contributed by atoms with E-state index in [1.807, 2.05) is 18.2 Å². The van der Waals surface area contributed by atoms with Crippen LogP contribution in [0.4, 0.5) is 0 Å². The number of rotatable bonds is 3. The fraction of sp³-hybridized carbons (Fsp3) is 0.455. The molecule has 0 aliphatic rings. The van der Waals surface area contributed by atoms with Crippen LogP contribution in [0, 0.1) is 0 Å². The summed E-state index contributed by atoms with van der Waals surface area (Å²) in [5.74, 6) is 0. The first-order valence-electron chi connectivity index (χ1n) is 4.62. The first-order chi connectivity index (χ1) is 6.10. The second-order valence-electron chi connectivity index (χ2n) is 3.53. The van der Waals surface area contributed by atoms with Gasteiger partial charge in [-0.1, -0.05) is 31.2 Å². The van der Waals surface area contributed by atoms with Crippen molar-refractivity contribution in [2.75, 3.05) is 6.54 Å². The van der Waals surface area contributed by atoms with Gasteiger partial charge in [-0.2, -0.15) is 0 Å². The zero-order chi connectivity index (χ0) is 9.90. The Balaban J connectivity index is 3.01. The summed E-state index contributed by atoms with van der Waals surface area (Å²) in [5, 5.41) is 9.89. The van der Waals surface area contributed by atoms with Crippen LogP contribution in [0.5, 0.6) is 0 Å². The molecular weight excluding hydrogens is 162 g/mol. The van der Waals surface area contributed by atoms with Crippen molar-refractivity contribution in [3.63, 3.8) is 0 Å². The van der Waals surface area contributed by atoms with Crippen molar-refractivity contribution in [3.8, 4) is 0 Å². The Morgan fingerprint density at radius 2 is 2.15 bits per heavy atom. The molecule has 0 aliphatic heterocycles. The molecule has 1 aromatic carbocycles. The Morgan fingerprint density at radius 1 is 1.46 bits per heavy atom. The van der Waals surface area contributed by atoms with Crippen LogP contribution in [0.25, 0.3) is 0 Å². The molecule has 0 radical (unpaired) electrons. The fourth-order valence-electron chi connectivity index (χ4n) is 1.24. The lowest BCUT2D eigenvalue weighted by atomic mass is 9.94. The zero-order valence-electron chi connectivity index (χ0n) is 8.25. The van der Waals surface area contributed by atoms with E-state index in [1.54, 1.807) is 6.92 Å². The highest BCUT2D eigenvalue weighted by atomic mass is 16.3. The van der Waals surface area contributed by atoms with E-state index >= 15 is 0 Å². The molecule has 1 unspecified atom stereocenters. The van der Waals surface area contributed by atoms with E-state index in [0.29, 0.717) is 0 Å². The van der Waals surface area contributed by atoms with Gasteiger partial charge in [0.2, 0.25) is 0 Å². The number of aryl methyl sites for hydroxylation is 1. The maximum absolute atomic E-state index is 9.89. The predicted molar refractivity (Wildman–Crippen MR) is 54.4 cm³/mol. The Kier molecular flexibility index (Phi) is 3.07. The molecule has 0 aromatic heterocycles. The highest BCUT2D eigenvalue weighted by Crippen LogP contribution is 2.20. The monoisotopic (exact) mass is 179 g/mol. The highest BCUT2D eigenvalue weighted by Gasteiger charge is 2.20. The van der Waals surface area contributed by atoms with Crippen molar-refractivity contribution in [3.05, 3.63) is 35.4 Å². The second kappa shape index (κ2) is 3.90. The third kappa shape index (κ3) is 2.29. The third-order valence-corrected chi connectivity index (χ3v) is 2.35. The summed E-state index contributed by atoms with van der Waals surface area (Å²) in [6.45, 7) is 4.08. The van der Waals surface area contributed by atoms with E-state index in [9.17, 15) is 5.11 Å². The normalized spacial score (nSPS) is 15.4. The van der Waals surface area contributed by atoms with Crippen LogP contribution in [-0.2, 0) is 12.0 Å². The lowest BCUT2D eigenvalue weighted by Crippen LogP contribution is -2.31. The maximum atomic E-state index is 9.89. The van der Waals surface area contributed by atoms with Crippen LogP contribution in [0.2, 0.25) is 0 Å². The van der Waals surface area contributed by atoms with Gasteiger partial charge in [-0.3, -0.25) is 0 Å². The summed E-state index contributed by atoms with van der Waals surface area (Å²) < 4.78 is 0. The number of hydrogen-bond donors (Lipinski definition) is 2. The maximum Gasteiger partial charge on any atom is 0.0990 e. The number of nitrogens with two attached hydrogens (primary N) is 1. The number of aliphatic hydroxyl groups is 1. The molecule has 1 aromatic rings. The van der Waals surface area contributed by atoms with Gasteiger partial charge in [-0.15, -0.1) is 0 Å². The molecule has 1 atom stereocenters. The molecule has 1 rings (SSSR count). The van der Waals surface area contributed by atoms with Crippen molar-refractivity contribution in [1.29, 1.82) is 0 Å². The van der Waals surface area contributed by atoms with Crippen LogP contribution in [-0.4, -0.2) is 11.7 Å². The van der Waals surface area contributed by atoms with Crippen molar-refractivity contribution in [1.82, 2.24) is 0 Å². The molecule has 0 saturated heterocycles. The van der Waals surface area contributed by atoms with Crippen LogP contribution in [0.15, 0.2) is 24.3 Å². The van der Waals surface area contributed by atoms with E-state index in [-0.39, 0.29) is 6.54 Å². The molecule has 13 heavy (non-hydrogen) atoms. The highest BCUT2D eigenvalue weighted by molar-refractivity contribution is 5.28. The Labute approximate surface area is 79.4 Å². The summed E-state index contributed by atoms with van der Waals surface area (Å²) in [6.07, 6.45) is 0.981. The Bertz CT molecular complexity index is 281. The smallest absolute Gasteiger partial charge is 0.0990 e. The van der Waals surface area contributed by atoms with Crippen LogP contribution in [0.1, 0.15) is 25.0 Å². The van der Waals surface area contributed by atoms with Crippen molar-refractivity contribution < 1.29 is 5.11 Å². The molecule has 0 fully saturated rings. The lowest BCUT2D eigenvalue weighted by Gasteiger charge is -2.22. The summed E-state index contributed by atoms with van der Waals surface area (Å²) in [6, 6.07) is 7.92. The van der Waals surface area contributed by atoms with Gasteiger partial charge < -0.3 is 10.8 Å². The summed E-state index contributed by atoms with van der Waals surface area (Å²) in [4.78, 5) is 0. The van der Waals surface area contributed by atoms with Gasteiger partial charge in [0.25, 0.3) is 0 Å². The van der Waals surface area contributed by atoms with Gasteiger partial charge in [-0.25, -0.2) is 0 Å². The summed E-state index contributed by atoms with van der Waals surface area (Å²) in [5.41, 5.74) is 6.71. The van der Waals surface area contributed by atoms with Gasteiger partial charge in [-0.05, 0) is 24.5 Å². The quantitative estimate of drug-likeness (QED) is 0.737. The minimum Gasteiger partial charge on any atom is -0.384 e. The molecule has 0 bridgehead atoms. The molecule has 0 saturated carbocycles. The number of benzene rings is 1. The number of hydrogen-bond acceptors (Lipinski definition) is 2. The third-order valence-electron chi connectivity index (χ3n) is 2.35. The first-order valence-corrected chi connectivity index (χ1v) is 4.62. The molecule has 72 valence electrons. The van der Waals surface area contributed by atoms with E-state index in [4.69, 9.17) is 5.73 Å². The standard InChI is InChI=1S/C11H17NO/c1-3-9-5-4-6-10(7-9)11(2,13)8-12/h4-7,13H,3,8,12H2,1-2H3. The fourth-order valence-corrected chi connectivity index (χ4v) is 1.24. The largest absolute Gasteiger partial charge is 0.384 e. The first kappa shape index (κ1) is 10.2. The van der Waals surface area contributed by atoms with Crippen LogP contribution >= 0.6 is 0 Å². The van der Waals surface area contributed by atoms with Crippen molar-refractivity contribution >= 4 is 0 Å². The summed E-state index contributed by atoms with van der Waals surface area (Å²) in [7, 11) is 0. The summed E-state index contributed by atoms with van der Waals surface area (Å²) >= 11 is 0. The van der Waals surface area contributed by atoms with Gasteiger partial charge in [0, 0.05) is 6.54 Å². The van der Waals surface area contributed by atoms with Crippen LogP contribution in [0.3, 0.4) is 0 Å². The second-order valence-corrected chi connectivity index (χ2v) is 3.53. The van der Waals surface area contributed by atoms with Gasteiger partial charge in [0.15, 0.2) is 0 Å². The molecule has 0 heterocycles. The predicted octanol–water partition coefficient (Wildman–Crippen LogP) is 1.42. The minimum absolute atomic E-state index is 0.250. The van der Waals surface area contributed by atoms with Gasteiger partial charge in [0.1, 0.15) is 0 Å². The Morgan fingerprint density at radius 3 is 2.69 bits per heavy atom. The van der Waals surface area contributed by atoms with E-state index in [2.05, 4.69) is 13.0 Å². The molecule has 0 amide bonds. The molecular formula is C11H17NO. The molecule has 0 aliphatic carbocycles. The minimum atomic E-state index is -0.898. The Hall–Kier alpha value is -0.860. The zero-order valence-corrected chi connectivity index (χ0v) is 8.25. The van der Waals surface area contributed by atoms with Gasteiger partial charge in [0.05, 0.1) is 5.60 Å². The average Bonchev–Trinajstić information content (AvgIpc) is 2.18.